The van der Waals surface area contributed by atoms with Crippen molar-refractivity contribution in [3.63, 3.8) is 0 Å². The fraction of sp³-hybridized carbons (Fsp3) is 0.467. The largest absolute Gasteiger partial charge is 0.369 e. The summed E-state index contributed by atoms with van der Waals surface area (Å²) in [7, 11) is 0. The van der Waals surface area contributed by atoms with Gasteiger partial charge in [0.25, 0.3) is 0 Å². The lowest BCUT2D eigenvalue weighted by atomic mass is 10.2. The van der Waals surface area contributed by atoms with Crippen molar-refractivity contribution < 1.29 is 0 Å². The molecule has 0 atom stereocenters. The maximum absolute atomic E-state index is 5.75. The first-order valence-corrected chi connectivity index (χ1v) is 7.18. The van der Waals surface area contributed by atoms with Crippen molar-refractivity contribution in [2.45, 2.75) is 39.0 Å². The molecule has 0 spiro atoms. The van der Waals surface area contributed by atoms with E-state index in [0.717, 1.165) is 12.1 Å². The third-order valence-corrected chi connectivity index (χ3v) is 2.82. The molecule has 20 heavy (non-hydrogen) atoms. The molecule has 0 radical (unpaired) electrons. The van der Waals surface area contributed by atoms with Crippen LogP contribution < -0.4 is 16.8 Å². The van der Waals surface area contributed by atoms with Gasteiger partial charge in [0, 0.05) is 12.2 Å². The Balaban J connectivity index is 2.31. The Kier molecular flexibility index (Phi) is 7.87. The summed E-state index contributed by atoms with van der Waals surface area (Å²) < 4.78 is 0. The van der Waals surface area contributed by atoms with Gasteiger partial charge in [-0.05, 0) is 18.6 Å². The minimum atomic E-state index is 0.224. The average molecular weight is 275 g/mol. The van der Waals surface area contributed by atoms with Gasteiger partial charge in [-0.1, -0.05) is 50.8 Å². The Hall–Kier alpha value is -2.04. The zero-order valence-corrected chi connectivity index (χ0v) is 12.2. The molecule has 1 aromatic carbocycles. The van der Waals surface area contributed by atoms with Crippen molar-refractivity contribution in [3.05, 3.63) is 30.3 Å². The number of guanidine groups is 2. The summed E-state index contributed by atoms with van der Waals surface area (Å²) in [5, 5.41) is 2.96. The summed E-state index contributed by atoms with van der Waals surface area (Å²) in [6, 6.07) is 9.59. The molecule has 0 aliphatic heterocycles. The van der Waals surface area contributed by atoms with Crippen LogP contribution in [0.5, 0.6) is 0 Å². The van der Waals surface area contributed by atoms with Crippen molar-refractivity contribution in [3.8, 4) is 0 Å². The molecule has 0 bridgehead atoms. The zero-order valence-electron chi connectivity index (χ0n) is 12.2. The van der Waals surface area contributed by atoms with E-state index in [-0.39, 0.29) is 11.9 Å². The first kappa shape index (κ1) is 16.0. The lowest BCUT2D eigenvalue weighted by Crippen LogP contribution is -2.26. The zero-order chi connectivity index (χ0) is 14.6. The van der Waals surface area contributed by atoms with Crippen molar-refractivity contribution >= 4 is 17.6 Å². The predicted molar refractivity (Wildman–Crippen MR) is 86.9 cm³/mol. The Morgan fingerprint density at radius 3 is 2.45 bits per heavy atom. The Bertz CT molecular complexity index is 425. The lowest BCUT2D eigenvalue weighted by Gasteiger charge is -2.04. The number of nitrogens with two attached hydrogens (primary N) is 2. The quantitative estimate of drug-likeness (QED) is 0.406. The van der Waals surface area contributed by atoms with Crippen molar-refractivity contribution in [1.29, 1.82) is 0 Å². The van der Waals surface area contributed by atoms with E-state index in [4.69, 9.17) is 11.5 Å². The Labute approximate surface area is 121 Å². The van der Waals surface area contributed by atoms with Crippen LogP contribution in [0.1, 0.15) is 39.0 Å². The van der Waals surface area contributed by atoms with Crippen LogP contribution in [0.4, 0.5) is 5.69 Å². The highest BCUT2D eigenvalue weighted by atomic mass is 15.2. The highest BCUT2D eigenvalue weighted by Crippen LogP contribution is 2.04. The van der Waals surface area contributed by atoms with E-state index in [1.807, 2.05) is 30.3 Å². The third-order valence-electron chi connectivity index (χ3n) is 2.82. The number of benzene rings is 1. The van der Waals surface area contributed by atoms with Gasteiger partial charge in [-0.2, -0.15) is 4.99 Å². The fourth-order valence-corrected chi connectivity index (χ4v) is 1.77. The topological polar surface area (TPSA) is 88.8 Å². The van der Waals surface area contributed by atoms with Gasteiger partial charge in [0.15, 0.2) is 0 Å². The van der Waals surface area contributed by atoms with Crippen LogP contribution in [0.3, 0.4) is 0 Å². The molecular weight excluding hydrogens is 250 g/mol. The van der Waals surface area contributed by atoms with E-state index in [1.165, 1.54) is 25.7 Å². The van der Waals surface area contributed by atoms with Gasteiger partial charge >= 0.3 is 0 Å². The van der Waals surface area contributed by atoms with Crippen molar-refractivity contribution in [1.82, 2.24) is 0 Å². The molecule has 0 amide bonds. The molecule has 0 saturated carbocycles. The van der Waals surface area contributed by atoms with Crippen LogP contribution in [0, 0.1) is 0 Å². The van der Waals surface area contributed by atoms with E-state index >= 15 is 0 Å². The molecule has 0 unspecified atom stereocenters. The Morgan fingerprint density at radius 1 is 1.05 bits per heavy atom. The van der Waals surface area contributed by atoms with Crippen LogP contribution in [-0.4, -0.2) is 18.5 Å². The van der Waals surface area contributed by atoms with Gasteiger partial charge in [-0.25, -0.2) is 0 Å². The van der Waals surface area contributed by atoms with E-state index < -0.39 is 0 Å². The standard InChI is InChI=1S/C15H25N5/c1-2-3-4-5-9-12-18-14(16)20-15(17)19-13-10-7-6-8-11-13/h6-8,10-11H,2-5,9,12H2,1H3,(H5,16,17,18,19,20). The summed E-state index contributed by atoms with van der Waals surface area (Å²) in [5.41, 5.74) is 12.3. The number of anilines is 1. The number of aliphatic imine (C=N–C) groups is 2. The Morgan fingerprint density at radius 2 is 1.75 bits per heavy atom. The summed E-state index contributed by atoms with van der Waals surface area (Å²) in [6.45, 7) is 2.91. The highest BCUT2D eigenvalue weighted by molar-refractivity contribution is 6.00. The van der Waals surface area contributed by atoms with Crippen LogP contribution in [0.2, 0.25) is 0 Å². The van der Waals surface area contributed by atoms with Crippen LogP contribution in [0.15, 0.2) is 40.3 Å². The maximum atomic E-state index is 5.75. The van der Waals surface area contributed by atoms with Crippen molar-refractivity contribution in [2.75, 3.05) is 11.9 Å². The van der Waals surface area contributed by atoms with E-state index in [2.05, 4.69) is 22.2 Å². The molecule has 110 valence electrons. The first-order chi connectivity index (χ1) is 9.72. The lowest BCUT2D eigenvalue weighted by molar-refractivity contribution is 0.638. The molecule has 0 aliphatic carbocycles. The highest BCUT2D eigenvalue weighted by Gasteiger charge is 1.95. The molecule has 1 aromatic rings. The predicted octanol–water partition coefficient (Wildman–Crippen LogP) is 2.70. The monoisotopic (exact) mass is 275 g/mol. The van der Waals surface area contributed by atoms with Gasteiger partial charge in [-0.3, -0.25) is 4.99 Å². The molecular formula is C15H25N5. The molecule has 0 aliphatic rings. The number of hydrogen-bond donors (Lipinski definition) is 3. The number of nitrogens with one attached hydrogen (secondary N) is 1. The molecule has 0 aromatic heterocycles. The van der Waals surface area contributed by atoms with Crippen LogP contribution >= 0.6 is 0 Å². The molecule has 0 fully saturated rings. The molecule has 5 heteroatoms. The van der Waals surface area contributed by atoms with Crippen molar-refractivity contribution in [2.24, 2.45) is 21.5 Å². The average Bonchev–Trinajstić information content (AvgIpc) is 2.43. The second kappa shape index (κ2) is 9.83. The number of unbranched alkanes of at least 4 members (excludes halogenated alkanes) is 4. The van der Waals surface area contributed by atoms with Gasteiger partial charge in [0.05, 0.1) is 0 Å². The smallest absolute Gasteiger partial charge is 0.218 e. The number of nitrogens with zero attached hydrogens (tertiary/aromatic N) is 2. The second-order valence-corrected chi connectivity index (χ2v) is 4.64. The normalized spacial score (nSPS) is 12.4. The van der Waals surface area contributed by atoms with E-state index in [9.17, 15) is 0 Å². The fourth-order valence-electron chi connectivity index (χ4n) is 1.77. The summed E-state index contributed by atoms with van der Waals surface area (Å²) in [5.74, 6) is 0.477. The minimum absolute atomic E-state index is 0.224. The molecule has 1 rings (SSSR count). The molecule has 0 heterocycles. The summed E-state index contributed by atoms with van der Waals surface area (Å²) in [4.78, 5) is 8.21. The number of hydrogen-bond acceptors (Lipinski definition) is 1. The van der Waals surface area contributed by atoms with Crippen LogP contribution in [0.25, 0.3) is 0 Å². The van der Waals surface area contributed by atoms with E-state index in [0.29, 0.717) is 6.54 Å². The number of para-hydroxylation sites is 1. The number of rotatable bonds is 7. The summed E-state index contributed by atoms with van der Waals surface area (Å²) >= 11 is 0. The van der Waals surface area contributed by atoms with Crippen LogP contribution in [-0.2, 0) is 0 Å². The summed E-state index contributed by atoms with van der Waals surface area (Å²) in [6.07, 6.45) is 6.02. The van der Waals surface area contributed by atoms with Gasteiger partial charge in [0.2, 0.25) is 11.9 Å². The molecule has 5 nitrogen and oxygen atoms in total. The molecule has 5 N–H and O–H groups in total. The van der Waals surface area contributed by atoms with Gasteiger partial charge < -0.3 is 16.8 Å². The molecule has 0 saturated heterocycles. The van der Waals surface area contributed by atoms with Gasteiger partial charge in [0.1, 0.15) is 0 Å². The minimum Gasteiger partial charge on any atom is -0.369 e. The third kappa shape index (κ3) is 7.41. The second-order valence-electron chi connectivity index (χ2n) is 4.64. The SMILES string of the molecule is CCCCCCCN=C(N)/N=C(\N)Nc1ccccc1. The van der Waals surface area contributed by atoms with E-state index in [1.54, 1.807) is 0 Å². The maximum Gasteiger partial charge on any atom is 0.218 e. The first-order valence-electron chi connectivity index (χ1n) is 7.18. The van der Waals surface area contributed by atoms with Gasteiger partial charge in [-0.15, -0.1) is 0 Å².